The molecule has 4 aromatic carbocycles. The van der Waals surface area contributed by atoms with Crippen molar-refractivity contribution in [3.63, 3.8) is 0 Å². The normalized spacial score (nSPS) is 17.1. The van der Waals surface area contributed by atoms with Gasteiger partial charge in [0.25, 0.3) is 0 Å². The number of halogens is 18. The standard InChI is InChI=1S/C56H32F18N4O6/c1-55(2)81-15-17(83-55)13-79-53-49(71)39(61)33(40(62)50(53)72)29-23-9-5-19(75-23)27(31-35(57)43(65)47(69)44(66)36(31)58)21-7-11-25(77-21)30(34-41(63)51(73)54(52(74)42(34)64)80-14-18-16-82-56(3,4)84-18)26-12-8-22(78-26)28(20-6-10-24(29)76-20)32-37(59)45(67)48(70)46(68)38(32)60/h5-12,17-18,75,78H,13-16H2,1-4H3. The molecule has 2 fully saturated rings. The molecule has 0 spiro atoms. The van der Waals surface area contributed by atoms with E-state index < -0.39 is 243 Å². The molecule has 4 aliphatic heterocycles. The minimum Gasteiger partial charge on any atom is -0.485 e. The van der Waals surface area contributed by atoms with Crippen molar-refractivity contribution >= 4 is 46.4 Å². The molecule has 0 saturated carbocycles. The quantitative estimate of drug-likeness (QED) is 0.0791. The molecule has 28 heteroatoms. The minimum absolute atomic E-state index is 0.218. The fourth-order valence-electron chi connectivity index (χ4n) is 9.86. The molecule has 84 heavy (non-hydrogen) atoms. The van der Waals surface area contributed by atoms with Gasteiger partial charge < -0.3 is 38.4 Å². The van der Waals surface area contributed by atoms with Gasteiger partial charge in [0.15, 0.2) is 92.9 Å². The Bertz CT molecular complexity index is 3870. The van der Waals surface area contributed by atoms with E-state index in [9.17, 15) is 8.78 Å². The monoisotopic (exact) mass is 1200 g/mol. The van der Waals surface area contributed by atoms with Crippen LogP contribution in [0.3, 0.4) is 0 Å². The molecule has 7 aromatic rings. The number of ether oxygens (including phenoxy) is 6. The number of benzene rings is 4. The number of hydrogen-bond acceptors (Lipinski definition) is 8. The van der Waals surface area contributed by atoms with E-state index in [1.807, 2.05) is 0 Å². The Kier molecular flexibility index (Phi) is 14.2. The molecule has 2 atom stereocenters. The van der Waals surface area contributed by atoms with E-state index in [1.54, 1.807) is 0 Å². The molecule has 10 nitrogen and oxygen atoms in total. The number of fused-ring (bicyclic) bond motifs is 8. The van der Waals surface area contributed by atoms with Crippen LogP contribution >= 0.6 is 0 Å². The highest BCUT2D eigenvalue weighted by atomic mass is 19.2. The second kappa shape index (κ2) is 20.8. The molecule has 7 heterocycles. The highest BCUT2D eigenvalue weighted by Crippen LogP contribution is 2.46. The van der Waals surface area contributed by atoms with Gasteiger partial charge in [-0.1, -0.05) is 0 Å². The van der Waals surface area contributed by atoms with Gasteiger partial charge in [0.2, 0.25) is 34.9 Å². The molecule has 438 valence electrons. The first-order chi connectivity index (χ1) is 39.6. The number of rotatable bonds is 10. The number of nitrogens with zero attached hydrogens (tertiary/aromatic N) is 2. The van der Waals surface area contributed by atoms with Crippen LogP contribution in [-0.2, 0) is 18.9 Å². The zero-order valence-corrected chi connectivity index (χ0v) is 42.7. The van der Waals surface area contributed by atoms with Gasteiger partial charge >= 0.3 is 0 Å². The topological polar surface area (TPSA) is 113 Å². The summed E-state index contributed by atoms with van der Waals surface area (Å²) in [6, 6.07) is 2.87. The van der Waals surface area contributed by atoms with Crippen molar-refractivity contribution in [2.45, 2.75) is 51.5 Å². The Labute approximate surface area is 458 Å². The lowest BCUT2D eigenvalue weighted by Crippen LogP contribution is -2.25. The smallest absolute Gasteiger partial charge is 0.204 e. The minimum atomic E-state index is -2.69. The summed E-state index contributed by atoms with van der Waals surface area (Å²) in [5.41, 5.74) is -19.2. The summed E-state index contributed by atoms with van der Waals surface area (Å²) in [5, 5.41) is 0. The van der Waals surface area contributed by atoms with Crippen molar-refractivity contribution in [1.29, 1.82) is 0 Å². The predicted molar refractivity (Wildman–Crippen MR) is 261 cm³/mol. The van der Waals surface area contributed by atoms with Crippen molar-refractivity contribution in [1.82, 2.24) is 19.9 Å². The van der Waals surface area contributed by atoms with Crippen LogP contribution < -0.4 is 9.47 Å². The van der Waals surface area contributed by atoms with Crippen LogP contribution in [-0.4, -0.2) is 70.1 Å². The highest BCUT2D eigenvalue weighted by Gasteiger charge is 2.39. The third kappa shape index (κ3) is 9.38. The zero-order valence-electron chi connectivity index (χ0n) is 42.7. The van der Waals surface area contributed by atoms with Gasteiger partial charge in [0.1, 0.15) is 25.4 Å². The van der Waals surface area contributed by atoms with Gasteiger partial charge in [-0.05, 0) is 76.3 Å². The van der Waals surface area contributed by atoms with Gasteiger partial charge in [0.05, 0.1) is 58.2 Å². The van der Waals surface area contributed by atoms with E-state index >= 15 is 70.2 Å². The second-order valence-corrected chi connectivity index (χ2v) is 19.8. The summed E-state index contributed by atoms with van der Waals surface area (Å²) in [7, 11) is 0. The SMILES string of the molecule is CC1(C)OCC(COc2c(F)c(F)c(-c3c4nc(c(-c5c(F)c(F)c(F)c(F)c5F)c5ccc([nH]5)c(-c5c(F)c(F)c(OCC6COC(C)(C)O6)c(F)c5F)c5nc(c(-c6c(F)c(F)c(F)c(F)c6F)c6ccc3[nH]6)C=C5)C=C4)c(F)c2F)O1. The average Bonchev–Trinajstić information content (AvgIpc) is 2.71. The summed E-state index contributed by atoms with van der Waals surface area (Å²) in [4.78, 5) is 13.0. The Morgan fingerprint density at radius 3 is 0.810 bits per heavy atom. The van der Waals surface area contributed by atoms with Gasteiger partial charge in [-0.15, -0.1) is 0 Å². The van der Waals surface area contributed by atoms with E-state index in [4.69, 9.17) is 28.4 Å². The maximum Gasteiger partial charge on any atom is 0.204 e. The van der Waals surface area contributed by atoms with Gasteiger partial charge in [0, 0.05) is 44.3 Å². The Morgan fingerprint density at radius 1 is 0.357 bits per heavy atom. The van der Waals surface area contributed by atoms with Crippen molar-refractivity contribution in [2.75, 3.05) is 26.4 Å². The van der Waals surface area contributed by atoms with Crippen LogP contribution in [0.15, 0.2) is 24.3 Å². The molecule has 4 aliphatic rings. The van der Waals surface area contributed by atoms with Gasteiger partial charge in [-0.2, -0.15) is 17.6 Å². The molecule has 3 aromatic heterocycles. The summed E-state index contributed by atoms with van der Waals surface area (Å²) < 4.78 is 320. The van der Waals surface area contributed by atoms with Crippen molar-refractivity contribution in [3.05, 3.63) is 152 Å². The van der Waals surface area contributed by atoms with Crippen LogP contribution in [0.5, 0.6) is 11.5 Å². The number of aromatic nitrogens is 4. The van der Waals surface area contributed by atoms with Crippen LogP contribution in [0.1, 0.15) is 50.5 Å². The molecule has 0 radical (unpaired) electrons. The zero-order chi connectivity index (χ0) is 60.5. The average molecular weight is 1200 g/mol. The molecular formula is C56H32F18N4O6. The first kappa shape index (κ1) is 57.5. The van der Waals surface area contributed by atoms with Gasteiger partial charge in [-0.25, -0.2) is 71.4 Å². The maximum absolute atomic E-state index is 16.8. The van der Waals surface area contributed by atoms with E-state index in [-0.39, 0.29) is 13.2 Å². The number of hydrogen-bond donors (Lipinski definition) is 2. The summed E-state index contributed by atoms with van der Waals surface area (Å²) >= 11 is 0. The third-order valence-electron chi connectivity index (χ3n) is 13.6. The third-order valence-corrected chi connectivity index (χ3v) is 13.6. The lowest BCUT2D eigenvalue weighted by atomic mass is 10.0. The van der Waals surface area contributed by atoms with Crippen molar-refractivity contribution in [2.24, 2.45) is 0 Å². The van der Waals surface area contributed by atoms with Crippen molar-refractivity contribution < 1.29 is 107 Å². The first-order valence-electron chi connectivity index (χ1n) is 24.4. The largest absolute Gasteiger partial charge is 0.485 e. The van der Waals surface area contributed by atoms with E-state index in [0.717, 1.165) is 12.1 Å². The van der Waals surface area contributed by atoms with Crippen molar-refractivity contribution in [3.8, 4) is 56.0 Å². The Morgan fingerprint density at radius 2 is 0.583 bits per heavy atom. The maximum atomic E-state index is 16.8. The lowest BCUT2D eigenvalue weighted by Gasteiger charge is -2.18. The van der Waals surface area contributed by atoms with Crippen LogP contribution in [0.25, 0.3) is 90.9 Å². The fraction of sp³-hybridized carbons (Fsp3) is 0.214. The summed E-state index contributed by atoms with van der Waals surface area (Å²) in [6.07, 6.45) is 0.655. The van der Waals surface area contributed by atoms with Crippen LogP contribution in [0.2, 0.25) is 0 Å². The first-order valence-corrected chi connectivity index (χ1v) is 24.4. The fourth-order valence-corrected chi connectivity index (χ4v) is 9.86. The molecule has 0 amide bonds. The van der Waals surface area contributed by atoms with Crippen LogP contribution in [0.4, 0.5) is 79.0 Å². The highest BCUT2D eigenvalue weighted by molar-refractivity contribution is 6.00. The molecule has 11 rings (SSSR count). The second-order valence-electron chi connectivity index (χ2n) is 19.8. The summed E-state index contributed by atoms with van der Waals surface area (Å²) in [6.45, 7) is 3.90. The number of aromatic amines is 2. The molecule has 2 unspecified atom stereocenters. The summed E-state index contributed by atoms with van der Waals surface area (Å²) in [5.74, 6) is -49.9. The van der Waals surface area contributed by atoms with E-state index in [2.05, 4.69) is 19.9 Å². The number of nitrogens with one attached hydrogen (secondary N) is 2. The Balaban J connectivity index is 1.27. The van der Waals surface area contributed by atoms with E-state index in [0.29, 0.717) is 36.4 Å². The lowest BCUT2D eigenvalue weighted by molar-refractivity contribution is -0.142. The predicted octanol–water partition coefficient (Wildman–Crippen LogP) is 14.9. The molecular weight excluding hydrogens is 1170 g/mol. The number of H-pyrrole nitrogens is 2. The van der Waals surface area contributed by atoms with Crippen LogP contribution in [0, 0.1) is 105 Å². The molecule has 0 aliphatic carbocycles. The molecule has 8 bridgehead atoms. The van der Waals surface area contributed by atoms with Gasteiger partial charge in [-0.3, -0.25) is 0 Å². The molecule has 2 N–H and O–H groups in total. The Hall–Kier alpha value is -8.34. The van der Waals surface area contributed by atoms with E-state index in [1.165, 1.54) is 27.7 Å². The molecule has 2 saturated heterocycles.